The molecule has 0 atom stereocenters. The fourth-order valence-corrected chi connectivity index (χ4v) is 0.326. The van der Waals surface area contributed by atoms with Crippen molar-refractivity contribution in [1.29, 1.82) is 5.41 Å². The lowest BCUT2D eigenvalue weighted by Gasteiger charge is -2.00. The van der Waals surface area contributed by atoms with Crippen LogP contribution in [-0.4, -0.2) is 10.9 Å². The van der Waals surface area contributed by atoms with Gasteiger partial charge in [-0.1, -0.05) is 13.8 Å². The van der Waals surface area contributed by atoms with Crippen LogP contribution in [0.2, 0.25) is 0 Å². The van der Waals surface area contributed by atoms with Gasteiger partial charge in [0.15, 0.2) is 0 Å². The van der Waals surface area contributed by atoms with Gasteiger partial charge in [0.25, 0.3) is 0 Å². The van der Waals surface area contributed by atoms with Crippen molar-refractivity contribution in [3.05, 3.63) is 11.8 Å². The summed E-state index contributed by atoms with van der Waals surface area (Å²) in [6.45, 7) is 3.66. The lowest BCUT2D eigenvalue weighted by Crippen LogP contribution is -2.07. The molecule has 0 spiro atoms. The number of nitrogens with two attached hydrogens (primary N) is 1. The van der Waals surface area contributed by atoms with Crippen molar-refractivity contribution >= 4 is 5.84 Å². The average molecular weight is 128 g/mol. The topological polar surface area (TPSA) is 70.1 Å². The van der Waals surface area contributed by atoms with Crippen molar-refractivity contribution < 1.29 is 5.11 Å². The molecular formula is C6H12N2O. The molecule has 0 aliphatic rings. The second-order valence-corrected chi connectivity index (χ2v) is 2.18. The predicted octanol–water partition coefficient (Wildman–Crippen LogP) is 1.02. The summed E-state index contributed by atoms with van der Waals surface area (Å²) in [5.74, 6) is 0.0950. The molecule has 0 fully saturated rings. The van der Waals surface area contributed by atoms with Gasteiger partial charge < -0.3 is 10.8 Å². The van der Waals surface area contributed by atoms with Crippen molar-refractivity contribution in [1.82, 2.24) is 0 Å². The molecule has 0 heterocycles. The molecule has 0 radical (unpaired) electrons. The Morgan fingerprint density at radius 2 is 2.11 bits per heavy atom. The van der Waals surface area contributed by atoms with Gasteiger partial charge in [-0.15, -0.1) is 0 Å². The van der Waals surface area contributed by atoms with E-state index in [1.54, 1.807) is 0 Å². The third-order valence-electron chi connectivity index (χ3n) is 0.895. The van der Waals surface area contributed by atoms with E-state index in [4.69, 9.17) is 16.2 Å². The average Bonchev–Trinajstić information content (AvgIpc) is 1.63. The maximum Gasteiger partial charge on any atom is 0.118 e. The number of nitrogens with one attached hydrogen (secondary N) is 1. The van der Waals surface area contributed by atoms with E-state index in [-0.39, 0.29) is 17.5 Å². The first-order chi connectivity index (χ1) is 4.04. The van der Waals surface area contributed by atoms with Gasteiger partial charge in [0.05, 0.1) is 5.76 Å². The third kappa shape index (κ3) is 3.58. The molecule has 0 aromatic heterocycles. The fraction of sp³-hybridized carbons (Fsp3) is 0.500. The second kappa shape index (κ2) is 3.12. The van der Waals surface area contributed by atoms with Crippen LogP contribution in [0.5, 0.6) is 0 Å². The Bertz CT molecular complexity index is 138. The highest BCUT2D eigenvalue weighted by molar-refractivity contribution is 5.88. The smallest absolute Gasteiger partial charge is 0.118 e. The van der Waals surface area contributed by atoms with E-state index < -0.39 is 0 Å². The number of allylic oxidation sites excluding steroid dienone is 1. The van der Waals surface area contributed by atoms with Crippen molar-refractivity contribution in [2.24, 2.45) is 11.7 Å². The number of aliphatic hydroxyl groups excluding tert-OH is 1. The number of rotatable bonds is 2. The highest BCUT2D eigenvalue weighted by atomic mass is 16.3. The minimum absolute atomic E-state index is 0.0499. The predicted molar refractivity (Wildman–Crippen MR) is 37.5 cm³/mol. The van der Waals surface area contributed by atoms with E-state index in [0.29, 0.717) is 0 Å². The zero-order valence-corrected chi connectivity index (χ0v) is 5.68. The summed E-state index contributed by atoms with van der Waals surface area (Å²) in [4.78, 5) is 0. The van der Waals surface area contributed by atoms with Crippen LogP contribution in [0.15, 0.2) is 11.8 Å². The molecule has 0 rings (SSSR count). The lowest BCUT2D eigenvalue weighted by atomic mass is 10.1. The van der Waals surface area contributed by atoms with Crippen molar-refractivity contribution in [3.8, 4) is 0 Å². The molecular weight excluding hydrogens is 116 g/mol. The molecule has 3 heteroatoms. The van der Waals surface area contributed by atoms with Gasteiger partial charge in [-0.2, -0.15) is 0 Å². The fourth-order valence-electron chi connectivity index (χ4n) is 0.326. The molecule has 0 saturated heterocycles. The Hall–Kier alpha value is -0.990. The lowest BCUT2D eigenvalue weighted by molar-refractivity contribution is 0.353. The largest absolute Gasteiger partial charge is 0.512 e. The van der Waals surface area contributed by atoms with Gasteiger partial charge in [0, 0.05) is 12.0 Å². The molecule has 0 aromatic rings. The molecule has 0 aliphatic heterocycles. The van der Waals surface area contributed by atoms with E-state index in [2.05, 4.69) is 0 Å². The second-order valence-electron chi connectivity index (χ2n) is 2.18. The normalized spacial score (nSPS) is 12.1. The highest BCUT2D eigenvalue weighted by Crippen LogP contribution is 2.03. The van der Waals surface area contributed by atoms with Crippen LogP contribution in [0.25, 0.3) is 0 Å². The van der Waals surface area contributed by atoms with Gasteiger partial charge in [-0.25, -0.2) is 0 Å². The van der Waals surface area contributed by atoms with E-state index >= 15 is 0 Å². The van der Waals surface area contributed by atoms with Crippen LogP contribution in [0.1, 0.15) is 13.8 Å². The minimum atomic E-state index is -0.110. The molecule has 9 heavy (non-hydrogen) atoms. The van der Waals surface area contributed by atoms with Crippen LogP contribution in [0, 0.1) is 11.3 Å². The summed E-state index contributed by atoms with van der Waals surface area (Å²) < 4.78 is 0. The number of hydrogen-bond donors (Lipinski definition) is 3. The zero-order chi connectivity index (χ0) is 7.44. The van der Waals surface area contributed by atoms with E-state index in [0.717, 1.165) is 0 Å². The highest BCUT2D eigenvalue weighted by Gasteiger charge is 1.98. The first-order valence-corrected chi connectivity index (χ1v) is 2.78. The van der Waals surface area contributed by atoms with Crippen LogP contribution < -0.4 is 5.73 Å². The summed E-state index contributed by atoms with van der Waals surface area (Å²) in [6, 6.07) is 0. The summed E-state index contributed by atoms with van der Waals surface area (Å²) in [7, 11) is 0. The SMILES string of the molecule is CC(C)/C(O)=C/C(=N)N. The maximum absolute atomic E-state index is 8.94. The Kier molecular flexibility index (Phi) is 2.78. The molecule has 52 valence electrons. The van der Waals surface area contributed by atoms with Gasteiger partial charge in [0.2, 0.25) is 0 Å². The van der Waals surface area contributed by atoms with Gasteiger partial charge in [-0.05, 0) is 0 Å². The molecule has 0 aliphatic carbocycles. The quantitative estimate of drug-likeness (QED) is 0.295. The van der Waals surface area contributed by atoms with Crippen LogP contribution in [0.4, 0.5) is 0 Å². The Labute approximate surface area is 54.7 Å². The summed E-state index contributed by atoms with van der Waals surface area (Å²) >= 11 is 0. The molecule has 0 saturated carbocycles. The molecule has 0 aromatic carbocycles. The molecule has 0 bridgehead atoms. The maximum atomic E-state index is 8.94. The first kappa shape index (κ1) is 8.01. The molecule has 0 unspecified atom stereocenters. The minimum Gasteiger partial charge on any atom is -0.512 e. The summed E-state index contributed by atoms with van der Waals surface area (Å²) in [5.41, 5.74) is 4.98. The Morgan fingerprint density at radius 1 is 1.67 bits per heavy atom. The van der Waals surface area contributed by atoms with E-state index in [1.165, 1.54) is 6.08 Å². The molecule has 3 nitrogen and oxygen atoms in total. The van der Waals surface area contributed by atoms with Crippen molar-refractivity contribution in [2.45, 2.75) is 13.8 Å². The van der Waals surface area contributed by atoms with Gasteiger partial charge >= 0.3 is 0 Å². The zero-order valence-electron chi connectivity index (χ0n) is 5.68. The molecule has 0 amide bonds. The third-order valence-corrected chi connectivity index (χ3v) is 0.895. The molecule has 4 N–H and O–H groups in total. The van der Waals surface area contributed by atoms with Crippen molar-refractivity contribution in [3.63, 3.8) is 0 Å². The van der Waals surface area contributed by atoms with Crippen molar-refractivity contribution in [2.75, 3.05) is 0 Å². The van der Waals surface area contributed by atoms with Crippen LogP contribution in [0.3, 0.4) is 0 Å². The van der Waals surface area contributed by atoms with Crippen LogP contribution in [-0.2, 0) is 0 Å². The Balaban J connectivity index is 4.00. The van der Waals surface area contributed by atoms with E-state index in [1.807, 2.05) is 13.8 Å². The first-order valence-electron chi connectivity index (χ1n) is 2.78. The number of aliphatic hydroxyl groups is 1. The number of hydrogen-bond acceptors (Lipinski definition) is 2. The van der Waals surface area contributed by atoms with Crippen LogP contribution >= 0.6 is 0 Å². The standard InChI is InChI=1S/C6H12N2O/c1-4(2)5(9)3-6(7)8/h3-4,9H,1-2H3,(H3,7,8)/b5-3-. The Morgan fingerprint density at radius 3 is 2.22 bits per heavy atom. The van der Waals surface area contributed by atoms with Gasteiger partial charge in [0.1, 0.15) is 5.84 Å². The van der Waals surface area contributed by atoms with Gasteiger partial charge in [-0.3, -0.25) is 5.41 Å². The summed E-state index contributed by atoms with van der Waals surface area (Å²) in [5, 5.41) is 15.7. The number of amidine groups is 1. The van der Waals surface area contributed by atoms with E-state index in [9.17, 15) is 0 Å². The monoisotopic (exact) mass is 128 g/mol. The summed E-state index contributed by atoms with van der Waals surface area (Å²) in [6.07, 6.45) is 1.24.